The number of hydrogen-bond acceptors (Lipinski definition) is 10. The number of piperidine rings is 2. The summed E-state index contributed by atoms with van der Waals surface area (Å²) in [6.45, 7) is 11.6. The second-order valence-electron chi connectivity index (χ2n) is 16.6. The fraction of sp³-hybridized carbons (Fsp3) is 0.455. The van der Waals surface area contributed by atoms with Gasteiger partial charge in [0.1, 0.15) is 12.1 Å². The summed E-state index contributed by atoms with van der Waals surface area (Å²) in [4.78, 5) is 74.9. The van der Waals surface area contributed by atoms with E-state index in [2.05, 4.69) is 43.1 Å². The zero-order valence-corrected chi connectivity index (χ0v) is 33.6. The van der Waals surface area contributed by atoms with E-state index in [1.54, 1.807) is 6.07 Å². The maximum atomic E-state index is 13.5. The zero-order chi connectivity index (χ0) is 40.6. The second-order valence-corrected chi connectivity index (χ2v) is 17.0. The number of rotatable bonds is 9. The Morgan fingerprint density at radius 1 is 0.879 bits per heavy atom. The quantitative estimate of drug-likeness (QED) is 0.246. The first-order chi connectivity index (χ1) is 28.0. The average Bonchev–Trinajstić information content (AvgIpc) is 3.63. The molecule has 13 nitrogen and oxygen atoms in total. The van der Waals surface area contributed by atoms with Crippen LogP contribution in [0.3, 0.4) is 0 Å². The predicted octanol–water partition coefficient (Wildman–Crippen LogP) is 4.32. The summed E-state index contributed by atoms with van der Waals surface area (Å²) in [5.74, 6) is -1.02. The van der Waals surface area contributed by atoms with Crippen molar-refractivity contribution in [3.05, 3.63) is 87.9 Å². The highest BCUT2D eigenvalue weighted by Crippen LogP contribution is 2.43. The maximum Gasteiger partial charge on any atom is 0.261 e. The normalized spacial score (nSPS) is 21.1. The van der Waals surface area contributed by atoms with E-state index >= 15 is 0 Å². The van der Waals surface area contributed by atoms with E-state index < -0.39 is 23.8 Å². The molecule has 0 aliphatic carbocycles. The third-order valence-electron chi connectivity index (χ3n) is 13.0. The van der Waals surface area contributed by atoms with Gasteiger partial charge in [-0.15, -0.1) is 0 Å². The lowest BCUT2D eigenvalue weighted by atomic mass is 9.77. The first-order valence-corrected chi connectivity index (χ1v) is 20.7. The summed E-state index contributed by atoms with van der Waals surface area (Å²) in [5, 5.41) is 11.9. The van der Waals surface area contributed by atoms with Crippen LogP contribution in [0.1, 0.15) is 63.9 Å². The molecule has 0 bridgehead atoms. The number of aryl methyl sites for hydroxylation is 1. The van der Waals surface area contributed by atoms with Gasteiger partial charge in [0.15, 0.2) is 0 Å². The smallest absolute Gasteiger partial charge is 0.261 e. The molecule has 5 saturated heterocycles. The topological polar surface area (TPSA) is 141 Å². The number of halogens is 1. The van der Waals surface area contributed by atoms with Gasteiger partial charge < -0.3 is 19.6 Å². The number of carbonyl (C=O) groups excluding carboxylic acids is 5. The van der Waals surface area contributed by atoms with E-state index in [4.69, 9.17) is 11.6 Å². The van der Waals surface area contributed by atoms with Crippen LogP contribution in [0.25, 0.3) is 0 Å². The van der Waals surface area contributed by atoms with Crippen molar-refractivity contribution >= 4 is 58.7 Å². The summed E-state index contributed by atoms with van der Waals surface area (Å²) in [7, 11) is 0. The highest BCUT2D eigenvalue weighted by molar-refractivity contribution is 6.32. The minimum Gasteiger partial charge on any atom is -0.371 e. The maximum absolute atomic E-state index is 13.5. The Labute approximate surface area is 344 Å². The van der Waals surface area contributed by atoms with Crippen LogP contribution in [0.4, 0.5) is 17.1 Å². The molecule has 5 aliphatic heterocycles. The molecule has 0 aromatic heterocycles. The van der Waals surface area contributed by atoms with E-state index in [0.29, 0.717) is 47.1 Å². The number of nitrogens with one attached hydrogen (secondary N) is 1. The van der Waals surface area contributed by atoms with Crippen LogP contribution in [-0.4, -0.2) is 123 Å². The van der Waals surface area contributed by atoms with E-state index in [9.17, 15) is 29.2 Å². The van der Waals surface area contributed by atoms with Crippen molar-refractivity contribution in [3.8, 4) is 6.07 Å². The molecule has 5 aliphatic rings. The molecule has 58 heavy (non-hydrogen) atoms. The molecule has 5 fully saturated rings. The van der Waals surface area contributed by atoms with Gasteiger partial charge in [-0.1, -0.05) is 11.6 Å². The molecule has 0 radical (unpaired) electrons. The number of benzene rings is 3. The molecule has 1 N–H and O–H groups in total. The Bertz CT molecular complexity index is 2130. The largest absolute Gasteiger partial charge is 0.371 e. The molecule has 5 heterocycles. The van der Waals surface area contributed by atoms with E-state index in [1.807, 2.05) is 54.3 Å². The summed E-state index contributed by atoms with van der Waals surface area (Å²) in [5.41, 5.74) is 5.83. The van der Waals surface area contributed by atoms with Gasteiger partial charge in [0, 0.05) is 113 Å². The number of amides is 5. The van der Waals surface area contributed by atoms with Gasteiger partial charge in [-0.3, -0.25) is 39.1 Å². The van der Waals surface area contributed by atoms with E-state index in [0.717, 1.165) is 106 Å². The van der Waals surface area contributed by atoms with Crippen LogP contribution in [0.5, 0.6) is 0 Å². The second kappa shape index (κ2) is 16.4. The van der Waals surface area contributed by atoms with Crippen molar-refractivity contribution < 1.29 is 24.0 Å². The lowest BCUT2D eigenvalue weighted by Gasteiger charge is -2.45. The molecule has 5 amide bonds. The van der Waals surface area contributed by atoms with Gasteiger partial charge in [-0.25, -0.2) is 0 Å². The molecule has 0 saturated carbocycles. The van der Waals surface area contributed by atoms with Crippen molar-refractivity contribution in [1.82, 2.24) is 20.0 Å². The van der Waals surface area contributed by atoms with Gasteiger partial charge in [-0.05, 0) is 104 Å². The number of hydrogen-bond donors (Lipinski definition) is 1. The van der Waals surface area contributed by atoms with Crippen molar-refractivity contribution in [2.24, 2.45) is 11.3 Å². The number of carbonyl (C=O) groups is 5. The monoisotopic (exact) mass is 804 g/mol. The van der Waals surface area contributed by atoms with Crippen LogP contribution in [0.15, 0.2) is 60.7 Å². The Morgan fingerprint density at radius 2 is 1.53 bits per heavy atom. The number of nitrogens with zero attached hydrogens (tertiary/aromatic N) is 7. The van der Waals surface area contributed by atoms with E-state index in [-0.39, 0.29) is 24.2 Å². The van der Waals surface area contributed by atoms with Crippen LogP contribution < -0.4 is 20.0 Å². The highest BCUT2D eigenvalue weighted by atomic mass is 35.5. The summed E-state index contributed by atoms with van der Waals surface area (Å²) >= 11 is 6.33. The molecule has 1 spiro atoms. The molecule has 8 rings (SSSR count). The zero-order valence-electron chi connectivity index (χ0n) is 32.9. The Hall–Kier alpha value is -5.45. The fourth-order valence-corrected chi connectivity index (χ4v) is 9.64. The van der Waals surface area contributed by atoms with Crippen LogP contribution in [0, 0.1) is 29.6 Å². The number of nitriles is 1. The minimum absolute atomic E-state index is 0.0768. The van der Waals surface area contributed by atoms with Crippen molar-refractivity contribution in [1.29, 1.82) is 5.26 Å². The molecular formula is C44H49ClN8O5. The Morgan fingerprint density at radius 3 is 2.17 bits per heavy atom. The standard InChI is InChI=1S/C44H49ClN8O5/c1-30-22-35(8-9-37(30)43(58)53(29-54)39-10-11-40(55)47-41(39)56)52-26-31(27-52)25-48-18-20-50(21-19-48)42(57)32-2-5-34(6-3-32)49-15-12-44(13-16-49)14-17-51(28-44)36-7-4-33(24-46)38(45)23-36/h2-9,22-23,29,31,39H,10-21,25-28H2,1H3,(H,47,55,56). The molecule has 3 aromatic rings. The highest BCUT2D eigenvalue weighted by Gasteiger charge is 2.41. The third kappa shape index (κ3) is 8.00. The summed E-state index contributed by atoms with van der Waals surface area (Å²) in [6.07, 6.45) is 3.94. The van der Waals surface area contributed by atoms with Crippen molar-refractivity contribution in [2.45, 2.75) is 45.1 Å². The van der Waals surface area contributed by atoms with Gasteiger partial charge >= 0.3 is 0 Å². The summed E-state index contributed by atoms with van der Waals surface area (Å²) in [6, 6.07) is 20.5. The van der Waals surface area contributed by atoms with Crippen molar-refractivity contribution in [3.63, 3.8) is 0 Å². The SMILES string of the molecule is Cc1cc(N2CC(CN3CCN(C(=O)c4ccc(N5CCC6(CC5)CCN(c5ccc(C#N)c(Cl)c5)C6)cc4)CC3)C2)ccc1C(=O)N(C=O)C1CCC(=O)NC1=O. The minimum atomic E-state index is -1.00. The third-order valence-corrected chi connectivity index (χ3v) is 13.3. The molecule has 14 heteroatoms. The average molecular weight is 805 g/mol. The molecule has 1 atom stereocenters. The van der Waals surface area contributed by atoms with Gasteiger partial charge in [0.2, 0.25) is 18.2 Å². The summed E-state index contributed by atoms with van der Waals surface area (Å²) < 4.78 is 0. The fourth-order valence-electron chi connectivity index (χ4n) is 9.42. The number of piperazine rings is 1. The van der Waals surface area contributed by atoms with Crippen LogP contribution in [0.2, 0.25) is 5.02 Å². The molecule has 1 unspecified atom stereocenters. The predicted molar refractivity (Wildman–Crippen MR) is 221 cm³/mol. The Kier molecular flexibility index (Phi) is 11.2. The number of anilines is 3. The Balaban J connectivity index is 0.763. The molecular weight excluding hydrogens is 756 g/mol. The lowest BCUT2D eigenvalue weighted by Crippen LogP contribution is -2.55. The first kappa shape index (κ1) is 39.4. The lowest BCUT2D eigenvalue weighted by molar-refractivity contribution is -0.139. The van der Waals surface area contributed by atoms with Crippen LogP contribution in [-0.2, 0) is 14.4 Å². The van der Waals surface area contributed by atoms with Crippen molar-refractivity contribution in [2.75, 3.05) is 86.7 Å². The molecule has 3 aromatic carbocycles. The van der Waals surface area contributed by atoms with Gasteiger partial charge in [-0.2, -0.15) is 5.26 Å². The van der Waals surface area contributed by atoms with Crippen LogP contribution >= 0.6 is 11.6 Å². The van der Waals surface area contributed by atoms with E-state index in [1.165, 1.54) is 0 Å². The number of imide groups is 2. The molecule has 302 valence electrons. The first-order valence-electron chi connectivity index (χ1n) is 20.3. The van der Waals surface area contributed by atoms with Gasteiger partial charge in [0.05, 0.1) is 10.6 Å². The van der Waals surface area contributed by atoms with Gasteiger partial charge in [0.25, 0.3) is 11.8 Å².